The Morgan fingerprint density at radius 3 is 2.33 bits per heavy atom. The van der Waals surface area contributed by atoms with Gasteiger partial charge in [-0.2, -0.15) is 0 Å². The maximum atomic E-state index is 12.6. The molecule has 0 heterocycles. The monoisotopic (exact) mass is 424 g/mol. The summed E-state index contributed by atoms with van der Waals surface area (Å²) in [7, 11) is 2.93. The predicted molar refractivity (Wildman–Crippen MR) is 104 cm³/mol. The molecule has 0 spiro atoms. The number of likely N-dealkylation sites (N-methyl/N-ethyl adjacent to an activating group) is 1. The van der Waals surface area contributed by atoms with Gasteiger partial charge in [-0.1, -0.05) is 30.3 Å². The molecule has 0 saturated heterocycles. The number of hydrogen-bond acceptors (Lipinski definition) is 5. The number of esters is 1. The molecule has 2 aromatic rings. The minimum Gasteiger partial charge on any atom is -0.465 e. The molecule has 2 aromatic carbocycles. The summed E-state index contributed by atoms with van der Waals surface area (Å²) in [5.41, 5.74) is 1.51. The summed E-state index contributed by atoms with van der Waals surface area (Å²) in [6.45, 7) is 1.99. The first-order valence-electron chi connectivity index (χ1n) is 9.09. The zero-order valence-electron chi connectivity index (χ0n) is 16.8. The Morgan fingerprint density at radius 1 is 1.10 bits per heavy atom. The van der Waals surface area contributed by atoms with Gasteiger partial charge in [-0.15, -0.1) is 13.2 Å². The minimum absolute atomic E-state index is 0.0919. The Labute approximate surface area is 172 Å². The number of rotatable bonds is 8. The van der Waals surface area contributed by atoms with Crippen molar-refractivity contribution < 1.29 is 32.2 Å². The van der Waals surface area contributed by atoms with Crippen molar-refractivity contribution in [3.05, 3.63) is 65.2 Å². The average Bonchev–Trinajstić information content (AvgIpc) is 2.71. The van der Waals surface area contributed by atoms with Crippen LogP contribution in [-0.4, -0.2) is 43.3 Å². The molecular weight excluding hydrogens is 401 g/mol. The third-order valence-corrected chi connectivity index (χ3v) is 4.50. The molecule has 9 heteroatoms. The molecule has 0 aliphatic heterocycles. The quantitative estimate of drug-likeness (QED) is 0.657. The Balaban J connectivity index is 1.94. The molecule has 6 nitrogen and oxygen atoms in total. The molecule has 0 saturated carbocycles. The van der Waals surface area contributed by atoms with Crippen LogP contribution in [0.4, 0.5) is 13.2 Å². The summed E-state index contributed by atoms with van der Waals surface area (Å²) in [5, 5.41) is 2.77. The van der Waals surface area contributed by atoms with Gasteiger partial charge in [0.15, 0.2) is 0 Å². The zero-order chi connectivity index (χ0) is 22.3. The number of halogens is 3. The second kappa shape index (κ2) is 10.1. The Hall–Kier alpha value is -3.07. The van der Waals surface area contributed by atoms with Crippen molar-refractivity contribution in [3.8, 4) is 5.75 Å². The van der Waals surface area contributed by atoms with Gasteiger partial charge >= 0.3 is 12.3 Å². The van der Waals surface area contributed by atoms with Crippen LogP contribution in [0.3, 0.4) is 0 Å². The van der Waals surface area contributed by atoms with Crippen molar-refractivity contribution in [2.45, 2.75) is 32.4 Å². The molecule has 1 atom stereocenters. The highest BCUT2D eigenvalue weighted by Gasteiger charge is 2.32. The van der Waals surface area contributed by atoms with Gasteiger partial charge in [0, 0.05) is 18.7 Å². The molecule has 30 heavy (non-hydrogen) atoms. The van der Waals surface area contributed by atoms with Gasteiger partial charge < -0.3 is 14.8 Å². The van der Waals surface area contributed by atoms with Crippen LogP contribution >= 0.6 is 0 Å². The normalized spacial score (nSPS) is 12.4. The van der Waals surface area contributed by atoms with E-state index in [1.165, 1.54) is 25.3 Å². The number of para-hydroxylation sites is 1. The van der Waals surface area contributed by atoms with Gasteiger partial charge in [0.2, 0.25) is 5.91 Å². The summed E-state index contributed by atoms with van der Waals surface area (Å²) < 4.78 is 46.4. The van der Waals surface area contributed by atoms with Gasteiger partial charge in [0.25, 0.3) is 0 Å². The van der Waals surface area contributed by atoms with E-state index in [4.69, 9.17) is 0 Å². The fourth-order valence-electron chi connectivity index (χ4n) is 2.68. The Kier molecular flexibility index (Phi) is 7.82. The van der Waals surface area contributed by atoms with Gasteiger partial charge in [-0.25, -0.2) is 4.79 Å². The second-order valence-corrected chi connectivity index (χ2v) is 6.65. The van der Waals surface area contributed by atoms with Crippen LogP contribution in [-0.2, 0) is 22.6 Å². The molecule has 0 bridgehead atoms. The van der Waals surface area contributed by atoms with Crippen LogP contribution in [0.15, 0.2) is 48.5 Å². The van der Waals surface area contributed by atoms with E-state index in [0.29, 0.717) is 11.1 Å². The maximum Gasteiger partial charge on any atom is 0.573 e. The fraction of sp³-hybridized carbons (Fsp3) is 0.333. The smallest absolute Gasteiger partial charge is 0.465 e. The fourth-order valence-corrected chi connectivity index (χ4v) is 2.68. The Morgan fingerprint density at radius 2 is 1.73 bits per heavy atom. The number of carbonyl (C=O) groups excluding carboxylic acids is 2. The first-order chi connectivity index (χ1) is 14.1. The van der Waals surface area contributed by atoms with E-state index in [-0.39, 0.29) is 24.7 Å². The average molecular weight is 424 g/mol. The largest absolute Gasteiger partial charge is 0.573 e. The number of ether oxygens (including phenoxy) is 2. The Bertz CT molecular complexity index is 869. The van der Waals surface area contributed by atoms with Crippen LogP contribution < -0.4 is 10.1 Å². The molecule has 0 aliphatic rings. The van der Waals surface area contributed by atoms with Crippen LogP contribution in [0.5, 0.6) is 5.75 Å². The SMILES string of the molecule is COC(=O)c1ccc(CNC(=O)C(C)N(C)Cc2ccccc2OC(F)(F)F)cc1. The summed E-state index contributed by atoms with van der Waals surface area (Å²) in [6, 6.07) is 11.8. The number of amides is 1. The highest BCUT2D eigenvalue weighted by molar-refractivity contribution is 5.89. The van der Waals surface area contributed by atoms with E-state index in [9.17, 15) is 22.8 Å². The van der Waals surface area contributed by atoms with E-state index in [1.807, 2.05) is 0 Å². The molecular formula is C21H23F3N2O4. The number of benzene rings is 2. The van der Waals surface area contributed by atoms with Crippen molar-refractivity contribution in [2.24, 2.45) is 0 Å². The number of hydrogen-bond donors (Lipinski definition) is 1. The van der Waals surface area contributed by atoms with Crippen molar-refractivity contribution in [1.82, 2.24) is 10.2 Å². The first kappa shape index (κ1) is 23.2. The first-order valence-corrected chi connectivity index (χ1v) is 9.09. The summed E-state index contributed by atoms with van der Waals surface area (Å²) in [5.74, 6) is -1.03. The minimum atomic E-state index is -4.79. The maximum absolute atomic E-state index is 12.6. The van der Waals surface area contributed by atoms with E-state index >= 15 is 0 Å². The summed E-state index contributed by atoms with van der Waals surface area (Å²) >= 11 is 0. The lowest BCUT2D eigenvalue weighted by Crippen LogP contribution is -2.42. The lowest BCUT2D eigenvalue weighted by atomic mass is 10.1. The van der Waals surface area contributed by atoms with Crippen molar-refractivity contribution in [1.29, 1.82) is 0 Å². The number of nitrogens with zero attached hydrogens (tertiary/aromatic N) is 1. The predicted octanol–water partition coefficient (Wildman–Crippen LogP) is 3.51. The van der Waals surface area contributed by atoms with E-state index in [1.54, 1.807) is 49.2 Å². The number of methoxy groups -OCH3 is 1. The van der Waals surface area contributed by atoms with E-state index < -0.39 is 18.4 Å². The standard InChI is InChI=1S/C21H23F3N2O4/c1-14(19(27)25-12-15-8-10-16(11-9-15)20(28)29-3)26(2)13-17-6-4-5-7-18(17)30-21(22,23)24/h4-11,14H,12-13H2,1-3H3,(H,25,27). The van der Waals surface area contributed by atoms with Gasteiger partial charge in [0.1, 0.15) is 5.75 Å². The molecule has 0 fully saturated rings. The topological polar surface area (TPSA) is 67.9 Å². The van der Waals surface area contributed by atoms with Crippen LogP contribution in [0.1, 0.15) is 28.4 Å². The lowest BCUT2D eigenvalue weighted by molar-refractivity contribution is -0.275. The van der Waals surface area contributed by atoms with Crippen LogP contribution in [0.25, 0.3) is 0 Å². The van der Waals surface area contributed by atoms with Crippen LogP contribution in [0.2, 0.25) is 0 Å². The summed E-state index contributed by atoms with van der Waals surface area (Å²) in [6.07, 6.45) is -4.79. The van der Waals surface area contributed by atoms with Crippen molar-refractivity contribution in [2.75, 3.05) is 14.2 Å². The van der Waals surface area contributed by atoms with Crippen molar-refractivity contribution >= 4 is 11.9 Å². The molecule has 162 valence electrons. The lowest BCUT2D eigenvalue weighted by Gasteiger charge is -2.25. The van der Waals surface area contributed by atoms with E-state index in [0.717, 1.165) is 5.56 Å². The molecule has 1 amide bonds. The van der Waals surface area contributed by atoms with Crippen LogP contribution in [0, 0.1) is 0 Å². The number of alkyl halides is 3. The highest BCUT2D eigenvalue weighted by Crippen LogP contribution is 2.27. The van der Waals surface area contributed by atoms with Gasteiger partial charge in [-0.3, -0.25) is 9.69 Å². The summed E-state index contributed by atoms with van der Waals surface area (Å²) in [4.78, 5) is 25.5. The number of nitrogens with one attached hydrogen (secondary N) is 1. The molecule has 0 radical (unpaired) electrons. The van der Waals surface area contributed by atoms with Gasteiger partial charge in [-0.05, 0) is 37.7 Å². The molecule has 2 rings (SSSR count). The molecule has 0 aromatic heterocycles. The van der Waals surface area contributed by atoms with Gasteiger partial charge in [0.05, 0.1) is 18.7 Å². The second-order valence-electron chi connectivity index (χ2n) is 6.65. The molecule has 0 aliphatic carbocycles. The third-order valence-electron chi connectivity index (χ3n) is 4.50. The molecule has 1 N–H and O–H groups in total. The van der Waals surface area contributed by atoms with E-state index in [2.05, 4.69) is 14.8 Å². The highest BCUT2D eigenvalue weighted by atomic mass is 19.4. The zero-order valence-corrected chi connectivity index (χ0v) is 16.8. The third kappa shape index (κ3) is 6.77. The number of carbonyl (C=O) groups is 2. The van der Waals surface area contributed by atoms with Crippen molar-refractivity contribution in [3.63, 3.8) is 0 Å². The molecule has 1 unspecified atom stereocenters.